The number of amides is 1. The number of aryl methyl sites for hydroxylation is 4. The van der Waals surface area contributed by atoms with Gasteiger partial charge in [-0.05, 0) is 62.6 Å². The van der Waals surface area contributed by atoms with Crippen molar-refractivity contribution in [2.45, 2.75) is 46.3 Å². The van der Waals surface area contributed by atoms with Crippen molar-refractivity contribution >= 4 is 5.91 Å². The third kappa shape index (κ3) is 5.37. The van der Waals surface area contributed by atoms with Gasteiger partial charge in [0.05, 0.1) is 25.4 Å². The molecule has 1 aromatic carbocycles. The van der Waals surface area contributed by atoms with Gasteiger partial charge in [0.25, 0.3) is 0 Å². The van der Waals surface area contributed by atoms with Crippen LogP contribution in [0.2, 0.25) is 0 Å². The van der Waals surface area contributed by atoms with Gasteiger partial charge in [0, 0.05) is 18.7 Å². The molecular weight excluding hydrogens is 409 g/mol. The monoisotopic (exact) mass is 437 g/mol. The molecule has 1 aliphatic heterocycles. The second kappa shape index (κ2) is 9.56. The fourth-order valence-corrected chi connectivity index (χ4v) is 4.11. The van der Waals surface area contributed by atoms with Crippen molar-refractivity contribution in [2.75, 3.05) is 19.7 Å². The van der Waals surface area contributed by atoms with Gasteiger partial charge in [0.15, 0.2) is 0 Å². The first-order chi connectivity index (χ1) is 15.4. The SMILES string of the molecule is Cc1cc(Cc2cccc(F)c2)cc([C@H]2CN(C(=O)CCn3nc(C)nc3C)CCO2)n1. The number of hydrogen-bond acceptors (Lipinski definition) is 5. The summed E-state index contributed by atoms with van der Waals surface area (Å²) in [5, 5.41) is 4.33. The van der Waals surface area contributed by atoms with E-state index in [1.165, 1.54) is 6.07 Å². The van der Waals surface area contributed by atoms with Crippen molar-refractivity contribution in [2.24, 2.45) is 0 Å². The summed E-state index contributed by atoms with van der Waals surface area (Å²) < 4.78 is 21.3. The van der Waals surface area contributed by atoms with Crippen molar-refractivity contribution in [1.82, 2.24) is 24.6 Å². The molecule has 3 heterocycles. The standard InChI is InChI=1S/C24H28FN5O2/c1-16-11-20(12-19-5-4-6-21(25)13-19)14-22(26-16)23-15-29(9-10-32-23)24(31)7-8-30-18(3)27-17(2)28-30/h4-6,11,13-14,23H,7-10,12,15H2,1-3H3/t23-/m1/s1. The van der Waals surface area contributed by atoms with Crippen LogP contribution in [0.3, 0.4) is 0 Å². The number of nitrogens with zero attached hydrogens (tertiary/aromatic N) is 5. The van der Waals surface area contributed by atoms with E-state index in [9.17, 15) is 9.18 Å². The first kappa shape index (κ1) is 22.1. The predicted molar refractivity (Wildman–Crippen MR) is 118 cm³/mol. The van der Waals surface area contributed by atoms with Crippen LogP contribution in [0.4, 0.5) is 4.39 Å². The minimum Gasteiger partial charge on any atom is -0.368 e. The van der Waals surface area contributed by atoms with Gasteiger partial charge in [-0.25, -0.2) is 14.1 Å². The highest BCUT2D eigenvalue weighted by molar-refractivity contribution is 5.76. The number of aromatic nitrogens is 4. The third-order valence-corrected chi connectivity index (χ3v) is 5.58. The molecule has 1 amide bonds. The molecule has 0 aliphatic carbocycles. The molecule has 1 saturated heterocycles. The van der Waals surface area contributed by atoms with Gasteiger partial charge in [-0.1, -0.05) is 12.1 Å². The molecule has 8 heteroatoms. The average Bonchev–Trinajstić information content (AvgIpc) is 3.08. The van der Waals surface area contributed by atoms with E-state index >= 15 is 0 Å². The van der Waals surface area contributed by atoms with Crippen LogP contribution in [0.1, 0.15) is 46.7 Å². The number of rotatable bonds is 6. The van der Waals surface area contributed by atoms with Gasteiger partial charge < -0.3 is 9.64 Å². The maximum absolute atomic E-state index is 13.6. The van der Waals surface area contributed by atoms with E-state index in [2.05, 4.69) is 15.1 Å². The minimum atomic E-state index is -0.283. The lowest BCUT2D eigenvalue weighted by Crippen LogP contribution is -2.42. The van der Waals surface area contributed by atoms with Crippen molar-refractivity contribution in [3.05, 3.63) is 76.4 Å². The number of halogens is 1. The van der Waals surface area contributed by atoms with Crippen LogP contribution in [0.25, 0.3) is 0 Å². The molecule has 0 spiro atoms. The first-order valence-electron chi connectivity index (χ1n) is 10.9. The number of morpholine rings is 1. The van der Waals surface area contributed by atoms with Gasteiger partial charge >= 0.3 is 0 Å². The smallest absolute Gasteiger partial charge is 0.224 e. The Hall–Kier alpha value is -3.13. The molecule has 0 N–H and O–H groups in total. The second-order valence-corrected chi connectivity index (χ2v) is 8.23. The fourth-order valence-electron chi connectivity index (χ4n) is 4.11. The summed E-state index contributed by atoms with van der Waals surface area (Å²) in [6.45, 7) is 7.67. The van der Waals surface area contributed by atoms with Gasteiger partial charge in [0.2, 0.25) is 5.91 Å². The first-order valence-corrected chi connectivity index (χ1v) is 10.9. The molecule has 4 rings (SSSR count). The Morgan fingerprint density at radius 1 is 1.16 bits per heavy atom. The molecule has 168 valence electrons. The Kier molecular flexibility index (Phi) is 6.60. The summed E-state index contributed by atoms with van der Waals surface area (Å²) >= 11 is 0. The van der Waals surface area contributed by atoms with Gasteiger partial charge in [0.1, 0.15) is 23.6 Å². The maximum Gasteiger partial charge on any atom is 0.224 e. The zero-order valence-electron chi connectivity index (χ0n) is 18.7. The largest absolute Gasteiger partial charge is 0.368 e. The zero-order chi connectivity index (χ0) is 22.7. The normalized spacial score (nSPS) is 16.4. The zero-order valence-corrected chi connectivity index (χ0v) is 18.7. The summed E-state index contributed by atoms with van der Waals surface area (Å²) in [5.74, 6) is 1.35. The van der Waals surface area contributed by atoms with Crippen LogP contribution in [0, 0.1) is 26.6 Å². The Bertz CT molecular complexity index is 1110. The van der Waals surface area contributed by atoms with Gasteiger partial charge in [-0.15, -0.1) is 0 Å². The van der Waals surface area contributed by atoms with Gasteiger partial charge in [-0.3, -0.25) is 9.78 Å². The van der Waals surface area contributed by atoms with Crippen LogP contribution in [0.15, 0.2) is 36.4 Å². The quantitative estimate of drug-likeness (QED) is 0.592. The van der Waals surface area contributed by atoms with Crippen LogP contribution in [0.5, 0.6) is 0 Å². The van der Waals surface area contributed by atoms with Crippen molar-refractivity contribution in [1.29, 1.82) is 0 Å². The molecule has 0 unspecified atom stereocenters. The maximum atomic E-state index is 13.6. The summed E-state index contributed by atoms with van der Waals surface area (Å²) in [6.07, 6.45) is 0.692. The molecule has 2 aromatic heterocycles. The molecule has 7 nitrogen and oxygen atoms in total. The lowest BCUT2D eigenvalue weighted by molar-refractivity contribution is -0.139. The number of carbonyl (C=O) groups excluding carboxylic acids is 1. The second-order valence-electron chi connectivity index (χ2n) is 8.23. The highest BCUT2D eigenvalue weighted by atomic mass is 19.1. The molecule has 1 aliphatic rings. The number of ether oxygens (including phenoxy) is 1. The summed E-state index contributed by atoms with van der Waals surface area (Å²) in [5.41, 5.74) is 3.62. The molecule has 3 aromatic rings. The Morgan fingerprint density at radius 2 is 2.00 bits per heavy atom. The molecule has 1 atom stereocenters. The minimum absolute atomic E-state index is 0.0680. The van der Waals surface area contributed by atoms with E-state index in [1.807, 2.05) is 43.9 Å². The molecular formula is C24H28FN5O2. The van der Waals surface area contributed by atoms with Crippen molar-refractivity contribution in [3.63, 3.8) is 0 Å². The summed E-state index contributed by atoms with van der Waals surface area (Å²) in [7, 11) is 0. The lowest BCUT2D eigenvalue weighted by Gasteiger charge is -2.33. The number of carbonyl (C=O) groups is 1. The lowest BCUT2D eigenvalue weighted by atomic mass is 10.0. The van der Waals surface area contributed by atoms with Crippen molar-refractivity contribution in [3.8, 4) is 0 Å². The number of hydrogen-bond donors (Lipinski definition) is 0. The molecule has 32 heavy (non-hydrogen) atoms. The molecule has 0 saturated carbocycles. The molecule has 1 fully saturated rings. The molecule has 0 bridgehead atoms. The highest BCUT2D eigenvalue weighted by Crippen LogP contribution is 2.24. The predicted octanol–water partition coefficient (Wildman–Crippen LogP) is 3.32. The topological polar surface area (TPSA) is 73.1 Å². The Morgan fingerprint density at radius 3 is 2.75 bits per heavy atom. The van der Waals surface area contributed by atoms with E-state index in [-0.39, 0.29) is 17.8 Å². The van der Waals surface area contributed by atoms with Crippen LogP contribution < -0.4 is 0 Å². The Balaban J connectivity index is 1.42. The van der Waals surface area contributed by atoms with Crippen LogP contribution >= 0.6 is 0 Å². The summed E-state index contributed by atoms with van der Waals surface area (Å²) in [4.78, 5) is 23.6. The van der Waals surface area contributed by atoms with E-state index in [4.69, 9.17) is 4.74 Å². The van der Waals surface area contributed by atoms with Crippen molar-refractivity contribution < 1.29 is 13.9 Å². The molecule has 0 radical (unpaired) electrons. The van der Waals surface area contributed by atoms with E-state index in [0.29, 0.717) is 44.9 Å². The average molecular weight is 438 g/mol. The van der Waals surface area contributed by atoms with Crippen LogP contribution in [-0.2, 0) is 22.5 Å². The van der Waals surface area contributed by atoms with Gasteiger partial charge in [-0.2, -0.15) is 5.10 Å². The fraction of sp³-hybridized carbons (Fsp3) is 0.417. The van der Waals surface area contributed by atoms with E-state index < -0.39 is 0 Å². The van der Waals surface area contributed by atoms with E-state index in [1.54, 1.807) is 16.8 Å². The third-order valence-electron chi connectivity index (χ3n) is 5.58. The number of benzene rings is 1. The Labute approximate surface area is 187 Å². The van der Waals surface area contributed by atoms with E-state index in [0.717, 1.165) is 28.3 Å². The highest BCUT2D eigenvalue weighted by Gasteiger charge is 2.26. The van der Waals surface area contributed by atoms with Crippen LogP contribution in [-0.4, -0.2) is 50.3 Å². The number of pyridine rings is 1. The summed E-state index contributed by atoms with van der Waals surface area (Å²) in [6, 6.07) is 10.6.